The summed E-state index contributed by atoms with van der Waals surface area (Å²) in [6, 6.07) is 10.5. The number of amides is 1. The fourth-order valence-corrected chi connectivity index (χ4v) is 5.55. The highest BCUT2D eigenvalue weighted by Crippen LogP contribution is 2.52. The summed E-state index contributed by atoms with van der Waals surface area (Å²) in [6.45, 7) is 4.65. The number of rotatable bonds is 8. The monoisotopic (exact) mass is 385 g/mol. The summed E-state index contributed by atoms with van der Waals surface area (Å²) >= 11 is 0. The fraction of sp³-hybridized carbons (Fsp3) is 0.708. The predicted molar refractivity (Wildman–Crippen MR) is 110 cm³/mol. The summed E-state index contributed by atoms with van der Waals surface area (Å²) in [6.07, 6.45) is 9.87. The van der Waals surface area contributed by atoms with E-state index in [2.05, 4.69) is 36.1 Å². The number of fused-ring (bicyclic) bond motifs is 1. The van der Waals surface area contributed by atoms with Gasteiger partial charge in [0.25, 0.3) is 0 Å². The molecule has 1 aromatic carbocycles. The first-order valence-corrected chi connectivity index (χ1v) is 11.3. The van der Waals surface area contributed by atoms with E-state index in [9.17, 15) is 4.79 Å². The molecule has 28 heavy (non-hydrogen) atoms. The number of hydrogen-bond donors (Lipinski definition) is 0. The lowest BCUT2D eigenvalue weighted by molar-refractivity contribution is -0.150. The van der Waals surface area contributed by atoms with Crippen molar-refractivity contribution in [1.29, 1.82) is 0 Å². The Bertz CT molecular complexity index is 641. The van der Waals surface area contributed by atoms with Crippen LogP contribution in [0.2, 0.25) is 0 Å². The molecule has 1 saturated carbocycles. The lowest BCUT2D eigenvalue weighted by Gasteiger charge is -2.43. The third-order valence-corrected chi connectivity index (χ3v) is 7.16. The van der Waals surface area contributed by atoms with Crippen LogP contribution in [0.4, 0.5) is 0 Å². The van der Waals surface area contributed by atoms with Crippen molar-refractivity contribution in [3.05, 3.63) is 35.9 Å². The van der Waals surface area contributed by atoms with E-state index in [0.29, 0.717) is 18.9 Å². The smallest absolute Gasteiger partial charge is 0.225 e. The van der Waals surface area contributed by atoms with Gasteiger partial charge in [0, 0.05) is 32.0 Å². The van der Waals surface area contributed by atoms with E-state index in [4.69, 9.17) is 9.47 Å². The van der Waals surface area contributed by atoms with E-state index in [0.717, 1.165) is 25.6 Å². The molecular weight excluding hydrogens is 350 g/mol. The molecule has 0 radical (unpaired) electrons. The standard InChI is InChI=1S/C24H35NO3/c1-2-3-16-27-17-14-19-9-11-21(12-10-19)24-15-13-23(26)25(24)22(18-28-24)20-7-5-4-6-8-20/h4-8,19,21-22H,2-3,9-18H2,1H3/t19?,21?,22-,24+/m1/s1. The summed E-state index contributed by atoms with van der Waals surface area (Å²) in [4.78, 5) is 14.9. The summed E-state index contributed by atoms with van der Waals surface area (Å²) in [5, 5.41) is 0. The largest absolute Gasteiger partial charge is 0.381 e. The van der Waals surface area contributed by atoms with Crippen molar-refractivity contribution in [3.63, 3.8) is 0 Å². The Balaban J connectivity index is 1.36. The quantitative estimate of drug-likeness (QED) is 0.585. The molecule has 0 spiro atoms. The summed E-state index contributed by atoms with van der Waals surface area (Å²) in [7, 11) is 0. The van der Waals surface area contributed by atoms with Gasteiger partial charge in [0.05, 0.1) is 12.6 Å². The van der Waals surface area contributed by atoms with Gasteiger partial charge in [-0.2, -0.15) is 0 Å². The summed E-state index contributed by atoms with van der Waals surface area (Å²) in [5.74, 6) is 1.52. The Kier molecular flexibility index (Phi) is 6.37. The van der Waals surface area contributed by atoms with Crippen LogP contribution in [0.1, 0.15) is 76.3 Å². The maximum absolute atomic E-state index is 12.8. The minimum Gasteiger partial charge on any atom is -0.381 e. The first kappa shape index (κ1) is 19.9. The van der Waals surface area contributed by atoms with Crippen molar-refractivity contribution in [3.8, 4) is 0 Å². The van der Waals surface area contributed by atoms with Crippen molar-refractivity contribution in [1.82, 2.24) is 4.90 Å². The third-order valence-electron chi connectivity index (χ3n) is 7.16. The zero-order valence-corrected chi connectivity index (χ0v) is 17.3. The van der Waals surface area contributed by atoms with Gasteiger partial charge in [-0.1, -0.05) is 43.7 Å². The average Bonchev–Trinajstić information content (AvgIpc) is 3.28. The van der Waals surface area contributed by atoms with Crippen LogP contribution in [-0.4, -0.2) is 36.4 Å². The highest BCUT2D eigenvalue weighted by atomic mass is 16.5. The Morgan fingerprint density at radius 3 is 2.68 bits per heavy atom. The Hall–Kier alpha value is -1.39. The van der Waals surface area contributed by atoms with Crippen LogP contribution < -0.4 is 0 Å². The lowest BCUT2D eigenvalue weighted by atomic mass is 9.75. The Labute approximate surface area is 169 Å². The maximum Gasteiger partial charge on any atom is 0.225 e. The molecule has 1 aromatic rings. The minimum absolute atomic E-state index is 0.0842. The fourth-order valence-electron chi connectivity index (χ4n) is 5.55. The molecule has 2 heterocycles. The van der Waals surface area contributed by atoms with E-state index < -0.39 is 0 Å². The van der Waals surface area contributed by atoms with Crippen molar-refractivity contribution < 1.29 is 14.3 Å². The molecular formula is C24H35NO3. The number of carbonyl (C=O) groups excluding carboxylic acids is 1. The SMILES string of the molecule is CCCCOCCC1CCC([C@@]23CCC(=O)N2[C@@H](c2ccccc2)CO3)CC1. The topological polar surface area (TPSA) is 38.8 Å². The second kappa shape index (κ2) is 8.96. The van der Waals surface area contributed by atoms with Crippen LogP contribution in [0, 0.1) is 11.8 Å². The van der Waals surface area contributed by atoms with E-state index in [-0.39, 0.29) is 17.7 Å². The van der Waals surface area contributed by atoms with E-state index >= 15 is 0 Å². The molecule has 1 aliphatic carbocycles. The number of carbonyl (C=O) groups is 1. The highest BCUT2D eigenvalue weighted by Gasteiger charge is 2.58. The molecule has 2 aliphatic heterocycles. The number of unbranched alkanes of at least 4 members (excludes halogenated alkanes) is 1. The molecule has 1 amide bonds. The molecule has 4 rings (SSSR count). The summed E-state index contributed by atoms with van der Waals surface area (Å²) in [5.41, 5.74) is 0.859. The number of benzene rings is 1. The van der Waals surface area contributed by atoms with E-state index in [1.165, 1.54) is 50.5 Å². The zero-order chi connectivity index (χ0) is 19.4. The summed E-state index contributed by atoms with van der Waals surface area (Å²) < 4.78 is 12.3. The van der Waals surface area contributed by atoms with Gasteiger partial charge in [-0.15, -0.1) is 0 Å². The van der Waals surface area contributed by atoms with Gasteiger partial charge in [0.15, 0.2) is 0 Å². The Morgan fingerprint density at radius 2 is 1.93 bits per heavy atom. The van der Waals surface area contributed by atoms with Gasteiger partial charge in [-0.25, -0.2) is 0 Å². The highest BCUT2D eigenvalue weighted by molar-refractivity contribution is 5.80. The molecule has 4 nitrogen and oxygen atoms in total. The number of nitrogens with zero attached hydrogens (tertiary/aromatic N) is 1. The molecule has 2 atom stereocenters. The molecule has 0 aromatic heterocycles. The van der Waals surface area contributed by atoms with Crippen molar-refractivity contribution in [2.75, 3.05) is 19.8 Å². The van der Waals surface area contributed by atoms with Gasteiger partial charge in [-0.05, 0) is 50.0 Å². The zero-order valence-electron chi connectivity index (χ0n) is 17.3. The molecule has 0 bridgehead atoms. The maximum atomic E-state index is 12.8. The second-order valence-electron chi connectivity index (χ2n) is 8.82. The Morgan fingerprint density at radius 1 is 1.14 bits per heavy atom. The third kappa shape index (κ3) is 3.86. The number of hydrogen-bond acceptors (Lipinski definition) is 3. The second-order valence-corrected chi connectivity index (χ2v) is 8.82. The van der Waals surface area contributed by atoms with Crippen LogP contribution in [0.25, 0.3) is 0 Å². The van der Waals surface area contributed by atoms with Crippen molar-refractivity contribution in [2.45, 2.75) is 76.5 Å². The van der Waals surface area contributed by atoms with E-state index in [1.807, 2.05) is 6.07 Å². The van der Waals surface area contributed by atoms with Crippen molar-refractivity contribution in [2.24, 2.45) is 11.8 Å². The predicted octanol–water partition coefficient (Wildman–Crippen LogP) is 5.09. The molecule has 3 fully saturated rings. The lowest BCUT2D eigenvalue weighted by Crippen LogP contribution is -2.49. The molecule has 0 N–H and O–H groups in total. The number of ether oxygens (including phenoxy) is 2. The van der Waals surface area contributed by atoms with Crippen LogP contribution in [-0.2, 0) is 14.3 Å². The average molecular weight is 386 g/mol. The minimum atomic E-state index is -0.347. The van der Waals surface area contributed by atoms with Crippen molar-refractivity contribution >= 4 is 5.91 Å². The van der Waals surface area contributed by atoms with Gasteiger partial charge in [-0.3, -0.25) is 4.79 Å². The molecule has 0 unspecified atom stereocenters. The van der Waals surface area contributed by atoms with Gasteiger partial charge >= 0.3 is 0 Å². The molecule has 2 saturated heterocycles. The molecule has 3 aliphatic rings. The van der Waals surface area contributed by atoms with E-state index in [1.54, 1.807) is 0 Å². The first-order chi connectivity index (χ1) is 13.7. The van der Waals surface area contributed by atoms with Crippen LogP contribution in [0.3, 0.4) is 0 Å². The van der Waals surface area contributed by atoms with Crippen LogP contribution >= 0.6 is 0 Å². The first-order valence-electron chi connectivity index (χ1n) is 11.3. The van der Waals surface area contributed by atoms with Gasteiger partial charge in [0.2, 0.25) is 5.91 Å². The van der Waals surface area contributed by atoms with Crippen LogP contribution in [0.5, 0.6) is 0 Å². The molecule has 154 valence electrons. The molecule has 4 heteroatoms. The van der Waals surface area contributed by atoms with Gasteiger partial charge in [0.1, 0.15) is 5.72 Å². The van der Waals surface area contributed by atoms with Crippen LogP contribution in [0.15, 0.2) is 30.3 Å². The van der Waals surface area contributed by atoms with Gasteiger partial charge < -0.3 is 14.4 Å². The normalized spacial score (nSPS) is 32.7.